The quantitative estimate of drug-likeness (QED) is 0.751. The zero-order chi connectivity index (χ0) is 13.6. The normalized spacial score (nSPS) is 36.9. The van der Waals surface area contributed by atoms with Crippen LogP contribution in [0.25, 0.3) is 0 Å². The zero-order valence-electron chi connectivity index (χ0n) is 12.1. The molecule has 1 N–H and O–H groups in total. The van der Waals surface area contributed by atoms with E-state index < -0.39 is 0 Å². The Morgan fingerprint density at radius 1 is 0.900 bits per heavy atom. The van der Waals surface area contributed by atoms with Gasteiger partial charge >= 0.3 is 0 Å². The number of morpholine rings is 2. The highest BCUT2D eigenvalue weighted by Crippen LogP contribution is 2.14. The first-order chi connectivity index (χ1) is 9.90. The van der Waals surface area contributed by atoms with Gasteiger partial charge < -0.3 is 24.3 Å². The fraction of sp³-hybridized carbons (Fsp3) is 1.00. The minimum atomic E-state index is 0.204. The van der Waals surface area contributed by atoms with Gasteiger partial charge in [0.05, 0.1) is 51.8 Å². The summed E-state index contributed by atoms with van der Waals surface area (Å²) in [5.74, 6) is 0. The molecule has 3 heterocycles. The third-order valence-electron chi connectivity index (χ3n) is 4.15. The van der Waals surface area contributed by atoms with Crippen LogP contribution < -0.4 is 5.32 Å². The number of ether oxygens (including phenoxy) is 4. The maximum absolute atomic E-state index is 5.96. The largest absolute Gasteiger partial charge is 0.379 e. The van der Waals surface area contributed by atoms with Crippen LogP contribution >= 0.6 is 0 Å². The number of hydrogen-bond donors (Lipinski definition) is 1. The van der Waals surface area contributed by atoms with Crippen LogP contribution in [-0.4, -0.2) is 89.0 Å². The Bertz CT molecular complexity index is 244. The molecule has 0 aromatic carbocycles. The minimum absolute atomic E-state index is 0.204. The second kappa shape index (κ2) is 7.68. The van der Waals surface area contributed by atoms with Crippen molar-refractivity contribution in [1.29, 1.82) is 0 Å². The van der Waals surface area contributed by atoms with Gasteiger partial charge in [0.2, 0.25) is 0 Å². The predicted octanol–water partition coefficient (Wildman–Crippen LogP) is -0.519. The van der Waals surface area contributed by atoms with E-state index >= 15 is 0 Å². The van der Waals surface area contributed by atoms with E-state index in [2.05, 4.69) is 10.2 Å². The lowest BCUT2D eigenvalue weighted by Gasteiger charge is -2.36. The van der Waals surface area contributed by atoms with Crippen molar-refractivity contribution in [3.05, 3.63) is 0 Å². The van der Waals surface area contributed by atoms with Gasteiger partial charge in [-0.1, -0.05) is 0 Å². The Hall–Kier alpha value is -0.240. The Morgan fingerprint density at radius 2 is 1.70 bits per heavy atom. The van der Waals surface area contributed by atoms with Crippen LogP contribution in [0.15, 0.2) is 0 Å². The molecular formula is C14H26N2O4. The molecule has 0 bridgehead atoms. The highest BCUT2D eigenvalue weighted by molar-refractivity contribution is 4.78. The van der Waals surface area contributed by atoms with Gasteiger partial charge in [-0.3, -0.25) is 4.90 Å². The highest BCUT2D eigenvalue weighted by Gasteiger charge is 2.27. The lowest BCUT2D eigenvalue weighted by molar-refractivity contribution is -0.148. The van der Waals surface area contributed by atoms with Crippen molar-refractivity contribution in [1.82, 2.24) is 10.2 Å². The van der Waals surface area contributed by atoms with Crippen molar-refractivity contribution in [3.63, 3.8) is 0 Å². The molecule has 0 unspecified atom stereocenters. The van der Waals surface area contributed by atoms with Crippen LogP contribution in [0.3, 0.4) is 0 Å². The minimum Gasteiger partial charge on any atom is -0.379 e. The van der Waals surface area contributed by atoms with Gasteiger partial charge in [-0.25, -0.2) is 0 Å². The molecule has 0 aromatic rings. The second-order valence-electron chi connectivity index (χ2n) is 5.79. The van der Waals surface area contributed by atoms with Gasteiger partial charge in [0, 0.05) is 32.2 Å². The molecule has 3 saturated heterocycles. The fourth-order valence-corrected chi connectivity index (χ4v) is 2.98. The summed E-state index contributed by atoms with van der Waals surface area (Å²) >= 11 is 0. The van der Waals surface area contributed by atoms with Gasteiger partial charge in [-0.15, -0.1) is 0 Å². The standard InChI is InChI=1S/C14H26N2O4/c1-4-18-9-12(15-1)7-13-10-20-14(11-19-13)8-16-2-5-17-6-3-16/h12-15H,1-11H2/t12-,13+,14-/m0/s1. The summed E-state index contributed by atoms with van der Waals surface area (Å²) in [5, 5.41) is 3.46. The maximum atomic E-state index is 5.96. The molecule has 3 fully saturated rings. The topological polar surface area (TPSA) is 52.2 Å². The van der Waals surface area contributed by atoms with E-state index in [1.54, 1.807) is 0 Å². The number of nitrogens with one attached hydrogen (secondary N) is 1. The average molecular weight is 286 g/mol. The summed E-state index contributed by atoms with van der Waals surface area (Å²) in [6, 6.07) is 0.410. The molecule has 0 spiro atoms. The summed E-state index contributed by atoms with van der Waals surface area (Å²) < 4.78 is 22.7. The van der Waals surface area contributed by atoms with E-state index in [-0.39, 0.29) is 12.2 Å². The first-order valence-corrected chi connectivity index (χ1v) is 7.74. The van der Waals surface area contributed by atoms with E-state index in [0.717, 1.165) is 59.0 Å². The lowest BCUT2D eigenvalue weighted by atomic mass is 10.1. The van der Waals surface area contributed by atoms with Crippen LogP contribution in [0.5, 0.6) is 0 Å². The van der Waals surface area contributed by atoms with Gasteiger partial charge in [0.15, 0.2) is 0 Å². The van der Waals surface area contributed by atoms with Crippen molar-refractivity contribution >= 4 is 0 Å². The third kappa shape index (κ3) is 4.38. The Morgan fingerprint density at radius 3 is 2.40 bits per heavy atom. The molecule has 116 valence electrons. The third-order valence-corrected chi connectivity index (χ3v) is 4.15. The van der Waals surface area contributed by atoms with E-state index in [1.165, 1.54) is 0 Å². The summed E-state index contributed by atoms with van der Waals surface area (Å²) in [6.07, 6.45) is 1.39. The molecule has 3 atom stereocenters. The Kier molecular flexibility index (Phi) is 5.64. The molecular weight excluding hydrogens is 260 g/mol. The molecule has 0 saturated carbocycles. The fourth-order valence-electron chi connectivity index (χ4n) is 2.98. The first kappa shape index (κ1) is 14.7. The van der Waals surface area contributed by atoms with Crippen molar-refractivity contribution < 1.29 is 18.9 Å². The van der Waals surface area contributed by atoms with E-state index in [4.69, 9.17) is 18.9 Å². The van der Waals surface area contributed by atoms with Crippen molar-refractivity contribution in [3.8, 4) is 0 Å². The van der Waals surface area contributed by atoms with Gasteiger partial charge in [0.1, 0.15) is 0 Å². The molecule has 20 heavy (non-hydrogen) atoms. The molecule has 3 aliphatic heterocycles. The van der Waals surface area contributed by atoms with Crippen LogP contribution in [0.2, 0.25) is 0 Å². The molecule has 6 heteroatoms. The molecule has 0 radical (unpaired) electrons. The number of rotatable bonds is 4. The van der Waals surface area contributed by atoms with Gasteiger partial charge in [-0.05, 0) is 6.42 Å². The summed E-state index contributed by atoms with van der Waals surface area (Å²) in [7, 11) is 0. The maximum Gasteiger partial charge on any atom is 0.0936 e. The Labute approximate surface area is 120 Å². The molecule has 0 amide bonds. The molecule has 0 aliphatic carbocycles. The number of nitrogens with zero attached hydrogens (tertiary/aromatic N) is 1. The van der Waals surface area contributed by atoms with Crippen molar-refractivity contribution in [2.24, 2.45) is 0 Å². The van der Waals surface area contributed by atoms with Crippen LogP contribution in [-0.2, 0) is 18.9 Å². The van der Waals surface area contributed by atoms with Crippen molar-refractivity contribution in [2.45, 2.75) is 24.7 Å². The summed E-state index contributed by atoms with van der Waals surface area (Å²) in [6.45, 7) is 8.60. The van der Waals surface area contributed by atoms with Crippen LogP contribution in [0.4, 0.5) is 0 Å². The number of hydrogen-bond acceptors (Lipinski definition) is 6. The average Bonchev–Trinajstić information content (AvgIpc) is 2.51. The smallest absolute Gasteiger partial charge is 0.0936 e. The molecule has 6 nitrogen and oxygen atoms in total. The highest BCUT2D eigenvalue weighted by atomic mass is 16.6. The SMILES string of the molecule is C1COC[C@H](C[C@@H]2CO[C@@H](CN3CCOCC3)CO2)N1. The van der Waals surface area contributed by atoms with Crippen LogP contribution in [0, 0.1) is 0 Å². The summed E-state index contributed by atoms with van der Waals surface area (Å²) in [4.78, 5) is 2.40. The second-order valence-corrected chi connectivity index (χ2v) is 5.79. The van der Waals surface area contributed by atoms with Crippen molar-refractivity contribution in [2.75, 3.05) is 65.8 Å². The predicted molar refractivity (Wildman–Crippen MR) is 74.0 cm³/mol. The Balaban J connectivity index is 1.33. The molecule has 0 aromatic heterocycles. The van der Waals surface area contributed by atoms with E-state index in [1.807, 2.05) is 0 Å². The first-order valence-electron chi connectivity index (χ1n) is 7.74. The monoisotopic (exact) mass is 286 g/mol. The lowest BCUT2D eigenvalue weighted by Crippen LogP contribution is -2.49. The van der Waals surface area contributed by atoms with E-state index in [0.29, 0.717) is 19.3 Å². The van der Waals surface area contributed by atoms with Gasteiger partial charge in [0.25, 0.3) is 0 Å². The van der Waals surface area contributed by atoms with Crippen LogP contribution in [0.1, 0.15) is 6.42 Å². The van der Waals surface area contributed by atoms with Gasteiger partial charge in [-0.2, -0.15) is 0 Å². The molecule has 3 rings (SSSR count). The molecule has 3 aliphatic rings. The zero-order valence-corrected chi connectivity index (χ0v) is 12.1. The van der Waals surface area contributed by atoms with E-state index in [9.17, 15) is 0 Å². The summed E-state index contributed by atoms with van der Waals surface area (Å²) in [5.41, 5.74) is 0.